The third kappa shape index (κ3) is 4.05. The molecule has 0 aromatic carbocycles. The zero-order chi connectivity index (χ0) is 13.0. The minimum Gasteiger partial charge on any atom is -0.379 e. The normalized spacial score (nSPS) is 18.6. The van der Waals surface area contributed by atoms with Crippen LogP contribution in [-0.4, -0.2) is 49.7 Å². The number of hydrogen-bond donors (Lipinski definition) is 1. The van der Waals surface area contributed by atoms with Crippen molar-refractivity contribution in [3.63, 3.8) is 0 Å². The molecule has 1 aliphatic heterocycles. The summed E-state index contributed by atoms with van der Waals surface area (Å²) in [5.41, 5.74) is 0. The Labute approximate surface area is 119 Å². The number of ether oxygens (including phenoxy) is 1. The van der Waals surface area contributed by atoms with Crippen molar-refractivity contribution in [2.45, 2.75) is 13.0 Å². The summed E-state index contributed by atoms with van der Waals surface area (Å²) in [6.45, 7) is 6.39. The Balaban J connectivity index is 1.79. The molecule has 1 saturated heterocycles. The molecule has 18 heavy (non-hydrogen) atoms. The fourth-order valence-corrected chi connectivity index (χ4v) is 3.24. The lowest BCUT2D eigenvalue weighted by molar-refractivity contribution is 0.0342. The van der Waals surface area contributed by atoms with E-state index in [1.165, 1.54) is 11.3 Å². The highest BCUT2D eigenvalue weighted by atomic mass is 79.9. The maximum absolute atomic E-state index is 11.9. The van der Waals surface area contributed by atoms with Crippen LogP contribution in [0, 0.1) is 0 Å². The topological polar surface area (TPSA) is 41.6 Å². The van der Waals surface area contributed by atoms with Gasteiger partial charge in [-0.25, -0.2) is 0 Å². The number of carbonyl (C=O) groups is 1. The third-order valence-electron chi connectivity index (χ3n) is 2.81. The first-order chi connectivity index (χ1) is 8.65. The van der Waals surface area contributed by atoms with E-state index in [1.54, 1.807) is 0 Å². The number of hydrogen-bond acceptors (Lipinski definition) is 4. The van der Waals surface area contributed by atoms with Gasteiger partial charge in [-0.3, -0.25) is 9.69 Å². The van der Waals surface area contributed by atoms with E-state index in [0.29, 0.717) is 0 Å². The minimum atomic E-state index is 0.00598. The molecule has 1 aromatic heterocycles. The van der Waals surface area contributed by atoms with Crippen LogP contribution in [0.15, 0.2) is 15.9 Å². The summed E-state index contributed by atoms with van der Waals surface area (Å²) in [4.78, 5) is 15.0. The molecule has 2 heterocycles. The van der Waals surface area contributed by atoms with Crippen molar-refractivity contribution in [3.8, 4) is 0 Å². The average Bonchev–Trinajstić information content (AvgIpc) is 2.77. The van der Waals surface area contributed by atoms with Crippen LogP contribution in [0.4, 0.5) is 0 Å². The summed E-state index contributed by atoms with van der Waals surface area (Å²) in [6.07, 6.45) is 0. The van der Waals surface area contributed by atoms with Gasteiger partial charge in [0.2, 0.25) is 0 Å². The molecule has 2 rings (SSSR count). The summed E-state index contributed by atoms with van der Waals surface area (Å²) in [7, 11) is 0. The van der Waals surface area contributed by atoms with Gasteiger partial charge in [-0.05, 0) is 35.0 Å². The molecule has 0 spiro atoms. The highest BCUT2D eigenvalue weighted by Crippen LogP contribution is 2.21. The van der Waals surface area contributed by atoms with E-state index in [-0.39, 0.29) is 11.9 Å². The van der Waals surface area contributed by atoms with Crippen LogP contribution in [0.3, 0.4) is 0 Å². The molecule has 0 saturated carbocycles. The monoisotopic (exact) mass is 332 g/mol. The number of halogens is 1. The van der Waals surface area contributed by atoms with E-state index < -0.39 is 0 Å². The van der Waals surface area contributed by atoms with E-state index in [4.69, 9.17) is 4.74 Å². The van der Waals surface area contributed by atoms with Gasteiger partial charge in [0.05, 0.1) is 21.9 Å². The number of amides is 1. The number of thiophene rings is 1. The van der Waals surface area contributed by atoms with Crippen molar-refractivity contribution < 1.29 is 9.53 Å². The smallest absolute Gasteiger partial charge is 0.261 e. The molecular formula is C12H17BrN2O2S. The second-order valence-electron chi connectivity index (χ2n) is 4.39. The average molecular weight is 333 g/mol. The van der Waals surface area contributed by atoms with Crippen molar-refractivity contribution in [2.24, 2.45) is 0 Å². The maximum atomic E-state index is 11.9. The van der Waals surface area contributed by atoms with Gasteiger partial charge in [0.15, 0.2) is 0 Å². The number of nitrogens with zero attached hydrogens (tertiary/aromatic N) is 1. The van der Waals surface area contributed by atoms with Gasteiger partial charge in [0, 0.05) is 25.7 Å². The van der Waals surface area contributed by atoms with Crippen LogP contribution < -0.4 is 5.32 Å². The zero-order valence-corrected chi connectivity index (χ0v) is 12.7. The molecule has 0 unspecified atom stereocenters. The van der Waals surface area contributed by atoms with Crippen LogP contribution in [0.25, 0.3) is 0 Å². The predicted molar refractivity (Wildman–Crippen MR) is 76.2 cm³/mol. The molecule has 100 valence electrons. The van der Waals surface area contributed by atoms with Crippen LogP contribution in [0.5, 0.6) is 0 Å². The highest BCUT2D eigenvalue weighted by Gasteiger charge is 2.16. The minimum absolute atomic E-state index is 0.00598. The number of rotatable bonds is 4. The summed E-state index contributed by atoms with van der Waals surface area (Å²) in [5.74, 6) is 0.00598. The molecule has 6 heteroatoms. The molecule has 1 atom stereocenters. The van der Waals surface area contributed by atoms with E-state index in [0.717, 1.165) is 41.5 Å². The van der Waals surface area contributed by atoms with Gasteiger partial charge in [-0.2, -0.15) is 0 Å². The molecular weight excluding hydrogens is 316 g/mol. The Kier molecular flexibility index (Phi) is 5.17. The Hall–Kier alpha value is -0.430. The Bertz CT molecular complexity index is 405. The van der Waals surface area contributed by atoms with Crippen LogP contribution in [0.1, 0.15) is 16.6 Å². The summed E-state index contributed by atoms with van der Waals surface area (Å²) in [5, 5.41) is 3.02. The van der Waals surface area contributed by atoms with Gasteiger partial charge >= 0.3 is 0 Å². The second-order valence-corrected chi connectivity index (χ2v) is 6.85. The van der Waals surface area contributed by atoms with E-state index >= 15 is 0 Å². The van der Waals surface area contributed by atoms with Gasteiger partial charge in [-0.1, -0.05) is 0 Å². The number of morpholine rings is 1. The SMILES string of the molecule is C[C@H](CN1CCOCC1)NC(=O)c1ccc(Br)s1. The molecule has 0 aliphatic carbocycles. The van der Waals surface area contributed by atoms with Crippen molar-refractivity contribution in [2.75, 3.05) is 32.8 Å². The van der Waals surface area contributed by atoms with E-state index in [2.05, 4.69) is 26.1 Å². The first-order valence-corrected chi connectivity index (χ1v) is 7.62. The lowest BCUT2D eigenvalue weighted by Gasteiger charge is -2.29. The molecule has 1 amide bonds. The van der Waals surface area contributed by atoms with Gasteiger partial charge in [-0.15, -0.1) is 11.3 Å². The molecule has 0 bridgehead atoms. The van der Waals surface area contributed by atoms with Crippen molar-refractivity contribution in [1.82, 2.24) is 10.2 Å². The van der Waals surface area contributed by atoms with Crippen molar-refractivity contribution in [1.29, 1.82) is 0 Å². The van der Waals surface area contributed by atoms with Crippen molar-refractivity contribution in [3.05, 3.63) is 20.8 Å². The molecule has 1 N–H and O–H groups in total. The third-order valence-corrected chi connectivity index (χ3v) is 4.43. The van der Waals surface area contributed by atoms with E-state index in [9.17, 15) is 4.79 Å². The Morgan fingerprint density at radius 1 is 1.56 bits per heavy atom. The second kappa shape index (κ2) is 6.65. The Morgan fingerprint density at radius 3 is 2.89 bits per heavy atom. The largest absolute Gasteiger partial charge is 0.379 e. The fourth-order valence-electron chi connectivity index (χ4n) is 1.95. The van der Waals surface area contributed by atoms with Crippen LogP contribution >= 0.6 is 27.3 Å². The van der Waals surface area contributed by atoms with Crippen LogP contribution in [0.2, 0.25) is 0 Å². The first kappa shape index (κ1) is 14.0. The molecule has 1 aromatic rings. The summed E-state index contributed by atoms with van der Waals surface area (Å²) >= 11 is 4.82. The highest BCUT2D eigenvalue weighted by molar-refractivity contribution is 9.11. The Morgan fingerprint density at radius 2 is 2.28 bits per heavy atom. The van der Waals surface area contributed by atoms with Crippen molar-refractivity contribution >= 4 is 33.2 Å². The summed E-state index contributed by atoms with van der Waals surface area (Å²) in [6, 6.07) is 3.88. The van der Waals surface area contributed by atoms with Gasteiger partial charge < -0.3 is 10.1 Å². The maximum Gasteiger partial charge on any atom is 0.261 e. The zero-order valence-electron chi connectivity index (χ0n) is 10.3. The fraction of sp³-hybridized carbons (Fsp3) is 0.583. The van der Waals surface area contributed by atoms with Crippen LogP contribution in [-0.2, 0) is 4.74 Å². The number of carbonyl (C=O) groups excluding carboxylic acids is 1. The lowest BCUT2D eigenvalue weighted by Crippen LogP contribution is -2.45. The number of nitrogens with one attached hydrogen (secondary N) is 1. The van der Waals surface area contributed by atoms with Gasteiger partial charge in [0.25, 0.3) is 5.91 Å². The molecule has 4 nitrogen and oxygen atoms in total. The predicted octanol–water partition coefficient (Wildman–Crippen LogP) is 1.96. The van der Waals surface area contributed by atoms with Gasteiger partial charge in [0.1, 0.15) is 0 Å². The first-order valence-electron chi connectivity index (χ1n) is 6.01. The standard InChI is InChI=1S/C12H17BrN2O2S/c1-9(8-15-4-6-17-7-5-15)14-12(16)10-2-3-11(13)18-10/h2-3,9H,4-8H2,1H3,(H,14,16)/t9-/m1/s1. The lowest BCUT2D eigenvalue weighted by atomic mass is 10.2. The quantitative estimate of drug-likeness (QED) is 0.916. The molecule has 0 radical (unpaired) electrons. The van der Waals surface area contributed by atoms with E-state index in [1.807, 2.05) is 19.1 Å². The summed E-state index contributed by atoms with van der Waals surface area (Å²) < 4.78 is 6.28. The molecule has 1 fully saturated rings. The molecule has 1 aliphatic rings.